The average Bonchev–Trinajstić information content (AvgIpc) is 2.80. The molecule has 5 nitrogen and oxygen atoms in total. The Balaban J connectivity index is 1.83. The number of aromatic amines is 1. The minimum atomic E-state index is -0.403. The molecule has 0 spiro atoms. The second kappa shape index (κ2) is 4.10. The maximum absolute atomic E-state index is 12.1. The van der Waals surface area contributed by atoms with Crippen molar-refractivity contribution < 1.29 is 9.90 Å². The Morgan fingerprint density at radius 1 is 1.50 bits per heavy atom. The van der Waals surface area contributed by atoms with Gasteiger partial charge in [0, 0.05) is 5.56 Å². The second-order valence-electron chi connectivity index (χ2n) is 4.88. The number of nitrogens with one attached hydrogen (secondary N) is 2. The largest absolute Gasteiger partial charge is 0.394 e. The van der Waals surface area contributed by atoms with Gasteiger partial charge in [-0.25, -0.2) is 4.98 Å². The highest BCUT2D eigenvalue weighted by molar-refractivity contribution is 5.97. The van der Waals surface area contributed by atoms with Gasteiger partial charge in [0.15, 0.2) is 0 Å². The molecule has 1 fully saturated rings. The lowest BCUT2D eigenvalue weighted by atomic mass is 9.77. The first-order chi connectivity index (χ1) is 8.72. The van der Waals surface area contributed by atoms with Crippen LogP contribution in [0.5, 0.6) is 0 Å². The quantitative estimate of drug-likeness (QED) is 0.760. The van der Waals surface area contributed by atoms with Crippen molar-refractivity contribution in [3.8, 4) is 0 Å². The molecule has 94 valence electrons. The number of carbonyl (C=O) groups is 1. The highest BCUT2D eigenvalue weighted by Crippen LogP contribution is 2.31. The number of carbonyl (C=O) groups excluding carboxylic acids is 1. The number of aliphatic hydroxyl groups excluding tert-OH is 1. The van der Waals surface area contributed by atoms with E-state index in [0.29, 0.717) is 5.56 Å². The van der Waals surface area contributed by atoms with Crippen LogP contribution in [0.1, 0.15) is 29.6 Å². The number of rotatable bonds is 3. The summed E-state index contributed by atoms with van der Waals surface area (Å²) in [5.74, 6) is -0.139. The van der Waals surface area contributed by atoms with E-state index in [2.05, 4.69) is 15.3 Å². The van der Waals surface area contributed by atoms with Crippen LogP contribution >= 0.6 is 0 Å². The molecule has 0 aliphatic heterocycles. The third kappa shape index (κ3) is 1.76. The Morgan fingerprint density at radius 2 is 2.33 bits per heavy atom. The summed E-state index contributed by atoms with van der Waals surface area (Å²) in [7, 11) is 0. The molecule has 1 saturated carbocycles. The average molecular weight is 245 g/mol. The number of aromatic nitrogens is 2. The molecular formula is C13H15N3O2. The molecule has 5 heteroatoms. The maximum atomic E-state index is 12.1. The molecule has 2 aromatic rings. The van der Waals surface area contributed by atoms with Gasteiger partial charge in [-0.1, -0.05) is 0 Å². The van der Waals surface area contributed by atoms with Crippen molar-refractivity contribution in [3.63, 3.8) is 0 Å². The standard InChI is InChI=1S/C13H15N3O2/c17-7-13(4-1-5-13)16-12(18)9-2-3-10-11(6-9)15-8-14-10/h2-3,6,8,17H,1,4-5,7H2,(H,14,15)(H,16,18). The van der Waals surface area contributed by atoms with Gasteiger partial charge in [-0.3, -0.25) is 4.79 Å². The minimum absolute atomic E-state index is 0.00500. The van der Waals surface area contributed by atoms with Crippen LogP contribution in [0, 0.1) is 0 Å². The molecule has 3 N–H and O–H groups in total. The maximum Gasteiger partial charge on any atom is 0.251 e. The number of hydrogen-bond acceptors (Lipinski definition) is 3. The number of amides is 1. The molecule has 1 aromatic carbocycles. The Labute approximate surface area is 104 Å². The molecule has 0 bridgehead atoms. The summed E-state index contributed by atoms with van der Waals surface area (Å²) in [6, 6.07) is 5.34. The Bertz CT molecular complexity index is 581. The van der Waals surface area contributed by atoms with Crippen LogP contribution in [0.25, 0.3) is 11.0 Å². The van der Waals surface area contributed by atoms with Crippen molar-refractivity contribution in [2.75, 3.05) is 6.61 Å². The van der Waals surface area contributed by atoms with Gasteiger partial charge < -0.3 is 15.4 Å². The summed E-state index contributed by atoms with van der Waals surface area (Å²) < 4.78 is 0. The van der Waals surface area contributed by atoms with Gasteiger partial charge >= 0.3 is 0 Å². The second-order valence-corrected chi connectivity index (χ2v) is 4.88. The summed E-state index contributed by atoms with van der Waals surface area (Å²) in [5.41, 5.74) is 1.87. The zero-order chi connectivity index (χ0) is 12.6. The van der Waals surface area contributed by atoms with E-state index in [1.165, 1.54) is 0 Å². The van der Waals surface area contributed by atoms with Gasteiger partial charge in [0.2, 0.25) is 0 Å². The molecule has 1 aliphatic rings. The minimum Gasteiger partial charge on any atom is -0.394 e. The molecule has 0 saturated heterocycles. The lowest BCUT2D eigenvalue weighted by molar-refractivity contribution is 0.0642. The molecule has 1 aliphatic carbocycles. The molecule has 0 unspecified atom stereocenters. The predicted molar refractivity (Wildman–Crippen MR) is 67.2 cm³/mol. The fourth-order valence-corrected chi connectivity index (χ4v) is 2.32. The fourth-order valence-electron chi connectivity index (χ4n) is 2.32. The zero-order valence-corrected chi connectivity index (χ0v) is 9.94. The van der Waals surface area contributed by atoms with Gasteiger partial charge in [-0.15, -0.1) is 0 Å². The van der Waals surface area contributed by atoms with Crippen LogP contribution in [0.3, 0.4) is 0 Å². The molecule has 1 heterocycles. The van der Waals surface area contributed by atoms with Crippen LogP contribution in [-0.2, 0) is 0 Å². The van der Waals surface area contributed by atoms with Gasteiger partial charge in [-0.2, -0.15) is 0 Å². The van der Waals surface area contributed by atoms with Crippen molar-refractivity contribution in [3.05, 3.63) is 30.1 Å². The summed E-state index contributed by atoms with van der Waals surface area (Å²) >= 11 is 0. The number of hydrogen-bond donors (Lipinski definition) is 3. The third-order valence-electron chi connectivity index (χ3n) is 3.67. The Morgan fingerprint density at radius 3 is 3.00 bits per heavy atom. The molecule has 1 aromatic heterocycles. The number of fused-ring (bicyclic) bond motifs is 1. The lowest BCUT2D eigenvalue weighted by Crippen LogP contribution is -2.56. The predicted octanol–water partition coefficient (Wildman–Crippen LogP) is 1.21. The zero-order valence-electron chi connectivity index (χ0n) is 9.94. The first-order valence-electron chi connectivity index (χ1n) is 6.09. The molecule has 18 heavy (non-hydrogen) atoms. The van der Waals surface area contributed by atoms with E-state index < -0.39 is 5.54 Å². The van der Waals surface area contributed by atoms with E-state index in [0.717, 1.165) is 30.3 Å². The highest BCUT2D eigenvalue weighted by Gasteiger charge is 2.37. The summed E-state index contributed by atoms with van der Waals surface area (Å²) in [6.07, 6.45) is 4.36. The van der Waals surface area contributed by atoms with E-state index in [-0.39, 0.29) is 12.5 Å². The number of aliphatic hydroxyl groups is 1. The van der Waals surface area contributed by atoms with Gasteiger partial charge in [-0.05, 0) is 37.5 Å². The number of imidazole rings is 1. The highest BCUT2D eigenvalue weighted by atomic mass is 16.3. The smallest absolute Gasteiger partial charge is 0.251 e. The number of benzene rings is 1. The number of H-pyrrole nitrogens is 1. The normalized spacial score (nSPS) is 17.4. The van der Waals surface area contributed by atoms with Crippen LogP contribution in [-0.4, -0.2) is 33.1 Å². The van der Waals surface area contributed by atoms with Gasteiger partial charge in [0.05, 0.1) is 29.5 Å². The van der Waals surface area contributed by atoms with Crippen molar-refractivity contribution in [2.24, 2.45) is 0 Å². The van der Waals surface area contributed by atoms with E-state index in [1.54, 1.807) is 18.5 Å². The van der Waals surface area contributed by atoms with Crippen LogP contribution < -0.4 is 5.32 Å². The lowest BCUT2D eigenvalue weighted by Gasteiger charge is -2.40. The first kappa shape index (κ1) is 11.2. The first-order valence-corrected chi connectivity index (χ1v) is 6.09. The van der Waals surface area contributed by atoms with Crippen LogP contribution in [0.15, 0.2) is 24.5 Å². The van der Waals surface area contributed by atoms with Crippen LogP contribution in [0.2, 0.25) is 0 Å². The molecular weight excluding hydrogens is 230 g/mol. The Kier molecular flexibility index (Phi) is 2.56. The van der Waals surface area contributed by atoms with E-state index >= 15 is 0 Å². The Hall–Kier alpha value is -1.88. The van der Waals surface area contributed by atoms with Crippen molar-refractivity contribution in [1.82, 2.24) is 15.3 Å². The summed E-state index contributed by atoms with van der Waals surface area (Å²) in [5, 5.41) is 12.3. The van der Waals surface area contributed by atoms with Crippen molar-refractivity contribution in [2.45, 2.75) is 24.8 Å². The van der Waals surface area contributed by atoms with Gasteiger partial charge in [0.1, 0.15) is 0 Å². The van der Waals surface area contributed by atoms with Crippen LogP contribution in [0.4, 0.5) is 0 Å². The molecule has 3 rings (SSSR count). The fraction of sp³-hybridized carbons (Fsp3) is 0.385. The van der Waals surface area contributed by atoms with Gasteiger partial charge in [0.25, 0.3) is 5.91 Å². The van der Waals surface area contributed by atoms with E-state index in [4.69, 9.17) is 0 Å². The monoisotopic (exact) mass is 245 g/mol. The topological polar surface area (TPSA) is 78.0 Å². The van der Waals surface area contributed by atoms with Crippen molar-refractivity contribution in [1.29, 1.82) is 0 Å². The third-order valence-corrected chi connectivity index (χ3v) is 3.67. The van der Waals surface area contributed by atoms with E-state index in [9.17, 15) is 9.90 Å². The van der Waals surface area contributed by atoms with E-state index in [1.807, 2.05) is 6.07 Å². The molecule has 1 amide bonds. The summed E-state index contributed by atoms with van der Waals surface area (Å²) in [4.78, 5) is 19.2. The number of nitrogens with zero attached hydrogens (tertiary/aromatic N) is 1. The summed E-state index contributed by atoms with van der Waals surface area (Å²) in [6.45, 7) is 0.00500. The SMILES string of the molecule is O=C(NC1(CO)CCC1)c1ccc2nc[nH]c2c1. The molecule has 0 radical (unpaired) electrons. The molecule has 0 atom stereocenters. The van der Waals surface area contributed by atoms with Crippen molar-refractivity contribution >= 4 is 16.9 Å².